The Balaban J connectivity index is 1.68. The van der Waals surface area contributed by atoms with E-state index in [1.165, 1.54) is 4.90 Å². The number of rotatable bonds is 4. The largest absolute Gasteiger partial charge is 0.481 e. The fourth-order valence-electron chi connectivity index (χ4n) is 2.96. The predicted octanol–water partition coefficient (Wildman–Crippen LogP) is 3.28. The molecule has 7 heteroatoms. The average Bonchev–Trinajstić information content (AvgIpc) is 3.07. The van der Waals surface area contributed by atoms with Gasteiger partial charge >= 0.3 is 12.1 Å². The van der Waals surface area contributed by atoms with Gasteiger partial charge in [-0.2, -0.15) is 0 Å². The first-order valence-electron chi connectivity index (χ1n) is 7.84. The van der Waals surface area contributed by atoms with Gasteiger partial charge in [0.25, 0.3) is 0 Å². The van der Waals surface area contributed by atoms with Crippen molar-refractivity contribution in [3.05, 3.63) is 64.4 Å². The molecule has 2 aromatic rings. The predicted molar refractivity (Wildman–Crippen MR) is 94.0 cm³/mol. The molecular formula is C18H17BrN2O4. The van der Waals surface area contributed by atoms with Crippen LogP contribution in [0.4, 0.5) is 4.79 Å². The Bertz CT molecular complexity index is 751. The standard InChI is InChI=1S/C18H17BrN2O4/c19-16-7-6-13(8-20-16)14-9-21(10-15(14)17(22)23)18(24)25-11-12-4-2-1-3-5-12/h1-8,14-15H,9-11H2,(H,22,23). The first-order valence-corrected chi connectivity index (χ1v) is 8.64. The minimum absolute atomic E-state index is 0.129. The van der Waals surface area contributed by atoms with Gasteiger partial charge in [0.05, 0.1) is 5.92 Å². The van der Waals surface area contributed by atoms with Crippen molar-refractivity contribution < 1.29 is 19.4 Å². The molecule has 0 radical (unpaired) electrons. The number of ether oxygens (including phenoxy) is 1. The Morgan fingerprint density at radius 1 is 1.20 bits per heavy atom. The molecule has 2 unspecified atom stereocenters. The Hall–Kier alpha value is -2.41. The molecule has 3 rings (SSSR count). The molecule has 0 aliphatic carbocycles. The number of aromatic nitrogens is 1. The lowest BCUT2D eigenvalue weighted by molar-refractivity contribution is -0.141. The van der Waals surface area contributed by atoms with Gasteiger partial charge in [-0.3, -0.25) is 4.79 Å². The van der Waals surface area contributed by atoms with Gasteiger partial charge in [0.2, 0.25) is 0 Å². The lowest BCUT2D eigenvalue weighted by Gasteiger charge is -2.16. The van der Waals surface area contributed by atoms with Crippen LogP contribution in [0.15, 0.2) is 53.3 Å². The summed E-state index contributed by atoms with van der Waals surface area (Å²) in [5.41, 5.74) is 1.69. The normalized spacial score (nSPS) is 19.6. The highest BCUT2D eigenvalue weighted by Crippen LogP contribution is 2.33. The van der Waals surface area contributed by atoms with Crippen molar-refractivity contribution >= 4 is 28.0 Å². The lowest BCUT2D eigenvalue weighted by atomic mass is 9.90. The highest BCUT2D eigenvalue weighted by atomic mass is 79.9. The third-order valence-corrected chi connectivity index (χ3v) is 4.75. The van der Waals surface area contributed by atoms with Crippen LogP contribution < -0.4 is 0 Å². The van der Waals surface area contributed by atoms with E-state index < -0.39 is 18.0 Å². The van der Waals surface area contributed by atoms with E-state index in [1.807, 2.05) is 36.4 Å². The molecule has 1 fully saturated rings. The second kappa shape index (κ2) is 7.65. The summed E-state index contributed by atoms with van der Waals surface area (Å²) in [7, 11) is 0. The van der Waals surface area contributed by atoms with Crippen molar-refractivity contribution in [3.8, 4) is 0 Å². The maximum Gasteiger partial charge on any atom is 0.410 e. The number of pyridine rings is 1. The molecular weight excluding hydrogens is 388 g/mol. The Labute approximate surface area is 153 Å². The molecule has 1 N–H and O–H groups in total. The van der Waals surface area contributed by atoms with Crippen LogP contribution in [0.1, 0.15) is 17.0 Å². The molecule has 2 atom stereocenters. The van der Waals surface area contributed by atoms with Crippen LogP contribution in [0.3, 0.4) is 0 Å². The van der Waals surface area contributed by atoms with E-state index in [4.69, 9.17) is 4.74 Å². The average molecular weight is 405 g/mol. The van der Waals surface area contributed by atoms with Gasteiger partial charge in [-0.15, -0.1) is 0 Å². The van der Waals surface area contributed by atoms with E-state index in [1.54, 1.807) is 12.3 Å². The molecule has 1 saturated heterocycles. The maximum atomic E-state index is 12.3. The highest BCUT2D eigenvalue weighted by molar-refractivity contribution is 9.10. The third kappa shape index (κ3) is 4.17. The summed E-state index contributed by atoms with van der Waals surface area (Å²) in [4.78, 5) is 29.5. The van der Waals surface area contributed by atoms with Gasteiger partial charge in [-0.1, -0.05) is 36.4 Å². The van der Waals surface area contributed by atoms with E-state index in [2.05, 4.69) is 20.9 Å². The van der Waals surface area contributed by atoms with Crippen LogP contribution in [0, 0.1) is 5.92 Å². The molecule has 130 valence electrons. The molecule has 0 spiro atoms. The molecule has 1 aliphatic heterocycles. The van der Waals surface area contributed by atoms with Gasteiger partial charge in [0.15, 0.2) is 0 Å². The first-order chi connectivity index (χ1) is 12.0. The number of carboxylic acid groups (broad SMARTS) is 1. The smallest absolute Gasteiger partial charge is 0.410 e. The molecule has 1 aliphatic rings. The fourth-order valence-corrected chi connectivity index (χ4v) is 3.19. The molecule has 6 nitrogen and oxygen atoms in total. The van der Waals surface area contributed by atoms with Crippen LogP contribution in [0.2, 0.25) is 0 Å². The van der Waals surface area contributed by atoms with Gasteiger partial charge in [-0.05, 0) is 33.1 Å². The Morgan fingerprint density at radius 2 is 1.96 bits per heavy atom. The lowest BCUT2D eigenvalue weighted by Crippen LogP contribution is -2.30. The highest BCUT2D eigenvalue weighted by Gasteiger charge is 2.41. The Kier molecular flexibility index (Phi) is 5.33. The number of carboxylic acids is 1. The minimum Gasteiger partial charge on any atom is -0.481 e. The van der Waals surface area contributed by atoms with E-state index in [0.717, 1.165) is 11.1 Å². The maximum absolute atomic E-state index is 12.3. The summed E-state index contributed by atoms with van der Waals surface area (Å²) in [5.74, 6) is -1.90. The van der Waals surface area contributed by atoms with Crippen molar-refractivity contribution in [2.24, 2.45) is 5.92 Å². The Morgan fingerprint density at radius 3 is 2.60 bits per heavy atom. The number of hydrogen-bond donors (Lipinski definition) is 1. The second-order valence-corrected chi connectivity index (χ2v) is 6.72. The molecule has 25 heavy (non-hydrogen) atoms. The van der Waals surface area contributed by atoms with Crippen molar-refractivity contribution in [1.82, 2.24) is 9.88 Å². The van der Waals surface area contributed by atoms with Crippen molar-refractivity contribution in [3.63, 3.8) is 0 Å². The summed E-state index contributed by atoms with van der Waals surface area (Å²) in [6.07, 6.45) is 1.14. The minimum atomic E-state index is -0.925. The summed E-state index contributed by atoms with van der Waals surface area (Å²) >= 11 is 3.26. The summed E-state index contributed by atoms with van der Waals surface area (Å²) in [6, 6.07) is 13.0. The topological polar surface area (TPSA) is 79.7 Å². The number of nitrogens with zero attached hydrogens (tertiary/aromatic N) is 2. The quantitative estimate of drug-likeness (QED) is 0.790. The van der Waals surface area contributed by atoms with Crippen molar-refractivity contribution in [2.75, 3.05) is 13.1 Å². The molecule has 1 amide bonds. The molecule has 0 saturated carbocycles. The summed E-state index contributed by atoms with van der Waals surface area (Å²) < 4.78 is 6.00. The number of likely N-dealkylation sites (tertiary alicyclic amines) is 1. The number of amides is 1. The molecule has 1 aromatic heterocycles. The monoisotopic (exact) mass is 404 g/mol. The van der Waals surface area contributed by atoms with E-state index >= 15 is 0 Å². The number of carbonyl (C=O) groups excluding carboxylic acids is 1. The number of halogens is 1. The molecule has 2 heterocycles. The van der Waals surface area contributed by atoms with Crippen LogP contribution in [0.5, 0.6) is 0 Å². The third-order valence-electron chi connectivity index (χ3n) is 4.28. The van der Waals surface area contributed by atoms with Crippen LogP contribution in [0.25, 0.3) is 0 Å². The van der Waals surface area contributed by atoms with E-state index in [9.17, 15) is 14.7 Å². The van der Waals surface area contributed by atoms with Crippen molar-refractivity contribution in [2.45, 2.75) is 12.5 Å². The van der Waals surface area contributed by atoms with E-state index in [-0.39, 0.29) is 19.1 Å². The summed E-state index contributed by atoms with van der Waals surface area (Å²) in [5, 5.41) is 9.50. The number of benzene rings is 1. The molecule has 0 bridgehead atoms. The number of hydrogen-bond acceptors (Lipinski definition) is 4. The van der Waals surface area contributed by atoms with Gasteiger partial charge in [0.1, 0.15) is 11.2 Å². The zero-order valence-corrected chi connectivity index (χ0v) is 14.9. The SMILES string of the molecule is O=C(O)C1CN(C(=O)OCc2ccccc2)CC1c1ccc(Br)nc1. The fraction of sp³-hybridized carbons (Fsp3) is 0.278. The van der Waals surface area contributed by atoms with Crippen molar-refractivity contribution in [1.29, 1.82) is 0 Å². The van der Waals surface area contributed by atoms with Gasteiger partial charge < -0.3 is 14.7 Å². The van der Waals surface area contributed by atoms with Crippen LogP contribution in [-0.4, -0.2) is 40.1 Å². The number of aliphatic carboxylic acids is 1. The van der Waals surface area contributed by atoms with E-state index in [0.29, 0.717) is 11.1 Å². The second-order valence-electron chi connectivity index (χ2n) is 5.91. The molecule has 1 aromatic carbocycles. The zero-order valence-electron chi connectivity index (χ0n) is 13.3. The first kappa shape index (κ1) is 17.4. The van der Waals surface area contributed by atoms with Crippen LogP contribution >= 0.6 is 15.9 Å². The number of carbonyl (C=O) groups is 2. The van der Waals surface area contributed by atoms with Gasteiger partial charge in [-0.25, -0.2) is 9.78 Å². The zero-order chi connectivity index (χ0) is 17.8. The van der Waals surface area contributed by atoms with Crippen LogP contribution in [-0.2, 0) is 16.1 Å². The van der Waals surface area contributed by atoms with Gasteiger partial charge in [0, 0.05) is 25.2 Å². The summed E-state index contributed by atoms with van der Waals surface area (Å²) in [6.45, 7) is 0.593.